The van der Waals surface area contributed by atoms with Crippen LogP contribution in [0.2, 0.25) is 0 Å². The average molecular weight is 203 g/mol. The third kappa shape index (κ3) is 6.35. The first-order chi connectivity index (χ1) is 6.68. The van der Waals surface area contributed by atoms with E-state index in [9.17, 15) is 5.11 Å². The second-order valence-electron chi connectivity index (χ2n) is 4.10. The maximum Gasteiger partial charge on any atom is 0.0610 e. The van der Waals surface area contributed by atoms with E-state index >= 15 is 0 Å². The smallest absolute Gasteiger partial charge is 0.0610 e. The summed E-state index contributed by atoms with van der Waals surface area (Å²) >= 11 is 0. The normalized spacial score (nSPS) is 15.4. The maximum absolute atomic E-state index is 9.28. The minimum atomic E-state index is -0.131. The number of ether oxygens (including phenoxy) is 1. The van der Waals surface area contributed by atoms with E-state index in [0.717, 1.165) is 13.0 Å². The Labute approximate surface area is 87.8 Å². The van der Waals surface area contributed by atoms with Crippen LogP contribution in [0.1, 0.15) is 39.5 Å². The Kier molecular flexibility index (Phi) is 8.14. The van der Waals surface area contributed by atoms with Crippen LogP contribution in [-0.4, -0.2) is 37.5 Å². The van der Waals surface area contributed by atoms with Crippen LogP contribution in [0.25, 0.3) is 0 Å². The molecule has 0 spiro atoms. The number of aliphatic hydroxyl groups is 1. The van der Waals surface area contributed by atoms with Crippen molar-refractivity contribution >= 4 is 0 Å². The van der Waals surface area contributed by atoms with Gasteiger partial charge in [0.25, 0.3) is 0 Å². The zero-order chi connectivity index (χ0) is 10.9. The van der Waals surface area contributed by atoms with Gasteiger partial charge >= 0.3 is 0 Å². The number of rotatable bonds is 9. The summed E-state index contributed by atoms with van der Waals surface area (Å²) in [6, 6.07) is 0. The summed E-state index contributed by atoms with van der Waals surface area (Å²) in [6.45, 7) is 5.95. The lowest BCUT2D eigenvalue weighted by Crippen LogP contribution is -2.47. The Morgan fingerprint density at radius 3 is 2.57 bits per heavy atom. The van der Waals surface area contributed by atoms with Crippen LogP contribution in [0.15, 0.2) is 0 Å². The van der Waals surface area contributed by atoms with Crippen molar-refractivity contribution < 1.29 is 9.84 Å². The molecule has 0 aromatic rings. The number of hydrogen-bond donors (Lipinski definition) is 2. The highest BCUT2D eigenvalue weighted by atomic mass is 16.5. The van der Waals surface area contributed by atoms with Gasteiger partial charge in [0.2, 0.25) is 0 Å². The first kappa shape index (κ1) is 13.9. The van der Waals surface area contributed by atoms with Gasteiger partial charge in [-0.2, -0.15) is 0 Å². The third-order valence-electron chi connectivity index (χ3n) is 2.54. The van der Waals surface area contributed by atoms with Crippen molar-refractivity contribution in [3.63, 3.8) is 0 Å². The molecule has 14 heavy (non-hydrogen) atoms. The van der Waals surface area contributed by atoms with Crippen molar-refractivity contribution in [1.29, 1.82) is 0 Å². The molecule has 86 valence electrons. The second-order valence-corrected chi connectivity index (χ2v) is 4.10. The lowest BCUT2D eigenvalue weighted by molar-refractivity contribution is 0.140. The molecule has 0 fully saturated rings. The van der Waals surface area contributed by atoms with Crippen LogP contribution in [0.4, 0.5) is 0 Å². The summed E-state index contributed by atoms with van der Waals surface area (Å²) < 4.78 is 4.96. The fraction of sp³-hybridized carbons (Fsp3) is 1.00. The molecule has 0 amide bonds. The number of hydrogen-bond acceptors (Lipinski definition) is 3. The first-order valence-electron chi connectivity index (χ1n) is 5.53. The second kappa shape index (κ2) is 8.21. The monoisotopic (exact) mass is 203 g/mol. The molecule has 3 nitrogen and oxygen atoms in total. The molecule has 3 heteroatoms. The molecular weight excluding hydrogens is 178 g/mol. The van der Waals surface area contributed by atoms with Crippen molar-refractivity contribution in [2.75, 3.05) is 26.9 Å². The molecule has 0 aliphatic rings. The first-order valence-corrected chi connectivity index (χ1v) is 5.53. The molecule has 0 heterocycles. The van der Waals surface area contributed by atoms with Gasteiger partial charge in [-0.05, 0) is 13.3 Å². The van der Waals surface area contributed by atoms with E-state index in [1.54, 1.807) is 7.11 Å². The lowest BCUT2D eigenvalue weighted by atomic mass is 9.95. The van der Waals surface area contributed by atoms with Crippen molar-refractivity contribution in [3.8, 4) is 0 Å². The lowest BCUT2D eigenvalue weighted by Gasteiger charge is -2.28. The number of nitrogens with one attached hydrogen (secondary N) is 1. The van der Waals surface area contributed by atoms with Crippen LogP contribution < -0.4 is 5.32 Å². The SMILES string of the molecule is CCCCCC(C)(CO)NCCOC. The molecule has 0 rings (SSSR count). The molecule has 0 aliphatic heterocycles. The van der Waals surface area contributed by atoms with Gasteiger partial charge in [0, 0.05) is 19.2 Å². The van der Waals surface area contributed by atoms with Crippen LogP contribution in [0.5, 0.6) is 0 Å². The molecule has 0 aromatic carbocycles. The van der Waals surface area contributed by atoms with Gasteiger partial charge in [-0.1, -0.05) is 26.2 Å². The Balaban J connectivity index is 3.67. The van der Waals surface area contributed by atoms with Gasteiger partial charge in [0.05, 0.1) is 13.2 Å². The molecule has 0 aromatic heterocycles. The molecule has 0 radical (unpaired) electrons. The van der Waals surface area contributed by atoms with Crippen LogP contribution >= 0.6 is 0 Å². The van der Waals surface area contributed by atoms with E-state index in [0.29, 0.717) is 6.61 Å². The highest BCUT2D eigenvalue weighted by molar-refractivity contribution is 4.81. The quantitative estimate of drug-likeness (QED) is 0.559. The molecule has 0 saturated carbocycles. The minimum absolute atomic E-state index is 0.131. The summed E-state index contributed by atoms with van der Waals surface area (Å²) in [4.78, 5) is 0. The van der Waals surface area contributed by atoms with Gasteiger partial charge < -0.3 is 15.2 Å². The van der Waals surface area contributed by atoms with Gasteiger partial charge in [0.15, 0.2) is 0 Å². The van der Waals surface area contributed by atoms with Crippen molar-refractivity contribution in [2.24, 2.45) is 0 Å². The van der Waals surface area contributed by atoms with Crippen molar-refractivity contribution in [3.05, 3.63) is 0 Å². The molecule has 0 saturated heterocycles. The summed E-state index contributed by atoms with van der Waals surface area (Å²) in [5.41, 5.74) is -0.131. The number of unbranched alkanes of at least 4 members (excludes halogenated alkanes) is 2. The molecule has 2 N–H and O–H groups in total. The van der Waals surface area contributed by atoms with E-state index < -0.39 is 0 Å². The molecule has 0 bridgehead atoms. The fourth-order valence-corrected chi connectivity index (χ4v) is 1.44. The number of methoxy groups -OCH3 is 1. The predicted octanol–water partition coefficient (Wildman–Crippen LogP) is 1.55. The van der Waals surface area contributed by atoms with E-state index in [1.807, 2.05) is 0 Å². The average Bonchev–Trinajstić information content (AvgIpc) is 2.19. The van der Waals surface area contributed by atoms with E-state index in [2.05, 4.69) is 19.2 Å². The fourth-order valence-electron chi connectivity index (χ4n) is 1.44. The third-order valence-corrected chi connectivity index (χ3v) is 2.54. The highest BCUT2D eigenvalue weighted by Gasteiger charge is 2.21. The molecule has 1 unspecified atom stereocenters. The van der Waals surface area contributed by atoms with E-state index in [1.165, 1.54) is 19.3 Å². The predicted molar refractivity (Wildman–Crippen MR) is 59.5 cm³/mol. The van der Waals surface area contributed by atoms with Crippen LogP contribution in [-0.2, 0) is 4.74 Å². The number of aliphatic hydroxyl groups excluding tert-OH is 1. The van der Waals surface area contributed by atoms with Gasteiger partial charge in [-0.3, -0.25) is 0 Å². The topological polar surface area (TPSA) is 41.5 Å². The summed E-state index contributed by atoms with van der Waals surface area (Å²) in [5, 5.41) is 12.6. The summed E-state index contributed by atoms with van der Waals surface area (Å²) in [7, 11) is 1.69. The Morgan fingerprint density at radius 1 is 1.36 bits per heavy atom. The van der Waals surface area contributed by atoms with Crippen molar-refractivity contribution in [1.82, 2.24) is 5.32 Å². The molecule has 1 atom stereocenters. The Hall–Kier alpha value is -0.120. The Morgan fingerprint density at radius 2 is 2.07 bits per heavy atom. The zero-order valence-corrected chi connectivity index (χ0v) is 9.81. The van der Waals surface area contributed by atoms with Gasteiger partial charge in [0.1, 0.15) is 0 Å². The maximum atomic E-state index is 9.28. The molecular formula is C11H25NO2. The zero-order valence-electron chi connectivity index (χ0n) is 9.81. The van der Waals surface area contributed by atoms with Crippen LogP contribution in [0.3, 0.4) is 0 Å². The Bertz CT molecular complexity index is 118. The summed E-state index contributed by atoms with van der Waals surface area (Å²) in [6.07, 6.45) is 4.66. The van der Waals surface area contributed by atoms with Crippen molar-refractivity contribution in [2.45, 2.75) is 45.1 Å². The van der Waals surface area contributed by atoms with Gasteiger partial charge in [-0.15, -0.1) is 0 Å². The van der Waals surface area contributed by atoms with E-state index in [-0.39, 0.29) is 12.1 Å². The van der Waals surface area contributed by atoms with E-state index in [4.69, 9.17) is 4.74 Å². The highest BCUT2D eigenvalue weighted by Crippen LogP contribution is 2.13. The molecule has 0 aliphatic carbocycles. The van der Waals surface area contributed by atoms with Crippen LogP contribution in [0, 0.1) is 0 Å². The van der Waals surface area contributed by atoms with Gasteiger partial charge in [-0.25, -0.2) is 0 Å². The summed E-state index contributed by atoms with van der Waals surface area (Å²) in [5.74, 6) is 0. The largest absolute Gasteiger partial charge is 0.394 e. The standard InChI is InChI=1S/C11H25NO2/c1-4-5-6-7-11(2,10-13)12-8-9-14-3/h12-13H,4-10H2,1-3H3. The minimum Gasteiger partial charge on any atom is -0.394 e.